The average molecular weight is 212 g/mol. The van der Waals surface area contributed by atoms with Crippen LogP contribution in [0.3, 0.4) is 0 Å². The first-order valence-corrected chi connectivity index (χ1v) is 4.24. The molecule has 0 bridgehead atoms. The van der Waals surface area contributed by atoms with Gasteiger partial charge in [0.15, 0.2) is 12.2 Å². The lowest BCUT2D eigenvalue weighted by atomic mass is 10.2. The summed E-state index contributed by atoms with van der Waals surface area (Å²) < 4.78 is 28.0. The molecule has 1 fully saturated rings. The van der Waals surface area contributed by atoms with E-state index in [1.165, 1.54) is 0 Å². The fraction of sp³-hybridized carbons (Fsp3) is 0.500. The molecule has 2 unspecified atom stereocenters. The number of aliphatic hydroxyl groups excluding tert-OH is 2. The third kappa shape index (κ3) is 1.94. The molecule has 1 rings (SSSR count). The summed E-state index contributed by atoms with van der Waals surface area (Å²) in [5.41, 5.74) is 0. The van der Waals surface area contributed by atoms with Crippen LogP contribution in [0.15, 0.2) is 0 Å². The Hall–Kier alpha value is -1.19. The molecular weight excluding hydrogens is 208 g/mol. The fourth-order valence-corrected chi connectivity index (χ4v) is 1.21. The maximum Gasteiger partial charge on any atom is 0.506 e. The fourth-order valence-electron chi connectivity index (χ4n) is 0.575. The zero-order valence-corrected chi connectivity index (χ0v) is 6.72. The van der Waals surface area contributed by atoms with Crippen molar-refractivity contribution in [2.45, 2.75) is 12.2 Å². The van der Waals surface area contributed by atoms with Crippen LogP contribution in [0.1, 0.15) is 0 Å². The van der Waals surface area contributed by atoms with Gasteiger partial charge in [0.25, 0.3) is 0 Å². The van der Waals surface area contributed by atoms with Crippen molar-refractivity contribution in [3.8, 4) is 0 Å². The van der Waals surface area contributed by atoms with E-state index in [2.05, 4.69) is 8.37 Å². The largest absolute Gasteiger partial charge is 0.506 e. The molecule has 0 aromatic rings. The van der Waals surface area contributed by atoms with E-state index >= 15 is 0 Å². The Morgan fingerprint density at radius 3 is 1.62 bits per heavy atom. The topological polar surface area (TPSA) is 127 Å². The summed E-state index contributed by atoms with van der Waals surface area (Å²) in [6, 6.07) is 0. The minimum absolute atomic E-state index is 1.67. The molecule has 2 N–H and O–H groups in total. The molecule has 0 aromatic heterocycles. The second-order valence-corrected chi connectivity index (χ2v) is 3.25. The Morgan fingerprint density at radius 1 is 1.00 bits per heavy atom. The van der Waals surface area contributed by atoms with Gasteiger partial charge >= 0.3 is 22.3 Å². The Kier molecular flexibility index (Phi) is 2.24. The highest BCUT2D eigenvalue weighted by atomic mass is 32.3. The van der Waals surface area contributed by atoms with Gasteiger partial charge in [0, 0.05) is 0 Å². The molecule has 0 spiro atoms. The molecule has 74 valence electrons. The second kappa shape index (κ2) is 2.94. The van der Waals surface area contributed by atoms with Gasteiger partial charge in [0.2, 0.25) is 0 Å². The molecule has 0 amide bonds. The Bertz CT molecular complexity index is 313. The maximum absolute atomic E-state index is 10.5. The Balaban J connectivity index is 3.06. The second-order valence-electron chi connectivity index (χ2n) is 2.10. The quantitative estimate of drug-likeness (QED) is 0.436. The molecule has 1 aliphatic heterocycles. The summed E-state index contributed by atoms with van der Waals surface area (Å²) >= 11 is 0. The molecule has 13 heavy (non-hydrogen) atoms. The third-order valence-electron chi connectivity index (χ3n) is 1.15. The predicted molar refractivity (Wildman–Crippen MR) is 33.1 cm³/mol. The number of carbonyl (C=O) groups is 2. The Morgan fingerprint density at radius 2 is 1.31 bits per heavy atom. The molecule has 0 aromatic carbocycles. The summed E-state index contributed by atoms with van der Waals surface area (Å²) in [7, 11) is -4.80. The van der Waals surface area contributed by atoms with Gasteiger partial charge in [-0.3, -0.25) is 0 Å². The molecule has 2 atom stereocenters. The van der Waals surface area contributed by atoms with Gasteiger partial charge in [-0.05, 0) is 0 Å². The number of aliphatic hydroxyl groups is 2. The monoisotopic (exact) mass is 212 g/mol. The zero-order chi connectivity index (χ0) is 10.2. The Labute approximate surface area is 72.0 Å². The van der Waals surface area contributed by atoms with Gasteiger partial charge < -0.3 is 18.6 Å². The third-order valence-corrected chi connectivity index (χ3v) is 1.89. The van der Waals surface area contributed by atoms with Gasteiger partial charge in [0.1, 0.15) is 0 Å². The lowest BCUT2D eigenvalue weighted by Crippen LogP contribution is -2.38. The van der Waals surface area contributed by atoms with E-state index in [0.29, 0.717) is 0 Å². The number of hydrogen-bond donors (Lipinski definition) is 2. The number of rotatable bonds is 0. The van der Waals surface area contributed by atoms with Crippen LogP contribution in [-0.4, -0.2) is 42.8 Å². The predicted octanol–water partition coefficient (Wildman–Crippen LogP) is -2.95. The highest BCUT2D eigenvalue weighted by Crippen LogP contribution is 2.10. The van der Waals surface area contributed by atoms with E-state index < -0.39 is 34.5 Å². The summed E-state index contributed by atoms with van der Waals surface area (Å²) in [4.78, 5) is 21.1. The van der Waals surface area contributed by atoms with E-state index in [0.717, 1.165) is 0 Å². The van der Waals surface area contributed by atoms with Crippen molar-refractivity contribution >= 4 is 22.3 Å². The minimum Gasteiger partial charge on any atom is -0.379 e. The zero-order valence-electron chi connectivity index (χ0n) is 5.91. The number of hydrogen-bond acceptors (Lipinski definition) is 8. The molecule has 1 aliphatic rings. The number of carbonyl (C=O) groups excluding carboxylic acids is 2. The van der Waals surface area contributed by atoms with Crippen LogP contribution in [-0.2, 0) is 28.4 Å². The van der Waals surface area contributed by atoms with Crippen LogP contribution in [0.25, 0.3) is 0 Å². The van der Waals surface area contributed by atoms with Crippen LogP contribution in [0, 0.1) is 0 Å². The van der Waals surface area contributed by atoms with E-state index in [1.54, 1.807) is 0 Å². The van der Waals surface area contributed by atoms with E-state index in [1.807, 2.05) is 0 Å². The molecule has 0 aliphatic carbocycles. The summed E-state index contributed by atoms with van der Waals surface area (Å²) in [5.74, 6) is -3.34. The first-order chi connectivity index (χ1) is 5.83. The van der Waals surface area contributed by atoms with Crippen LogP contribution in [0.5, 0.6) is 0 Å². The van der Waals surface area contributed by atoms with Crippen molar-refractivity contribution in [2.24, 2.45) is 0 Å². The van der Waals surface area contributed by atoms with Crippen molar-refractivity contribution in [2.75, 3.05) is 0 Å². The SMILES string of the molecule is O=C1OS(=O)(=O)OC(=O)C(O)C1O. The standard InChI is InChI=1S/C4H4O8S/c5-1-2(6)4(8)12-13(9,10)11-3(1)7/h1-2,5-6H. The van der Waals surface area contributed by atoms with E-state index in [9.17, 15) is 18.0 Å². The molecule has 1 saturated heterocycles. The maximum atomic E-state index is 10.5. The lowest BCUT2D eigenvalue weighted by molar-refractivity contribution is -0.156. The molecule has 9 heteroatoms. The van der Waals surface area contributed by atoms with Crippen molar-refractivity contribution in [3.05, 3.63) is 0 Å². The molecule has 8 nitrogen and oxygen atoms in total. The van der Waals surface area contributed by atoms with Gasteiger partial charge in [-0.2, -0.15) is 0 Å². The highest BCUT2D eigenvalue weighted by Gasteiger charge is 2.42. The first kappa shape index (κ1) is 9.89. The van der Waals surface area contributed by atoms with Crippen molar-refractivity contribution in [1.29, 1.82) is 0 Å². The lowest BCUT2D eigenvalue weighted by Gasteiger charge is -2.05. The van der Waals surface area contributed by atoms with Gasteiger partial charge in [-0.1, -0.05) is 0 Å². The smallest absolute Gasteiger partial charge is 0.379 e. The summed E-state index contributed by atoms with van der Waals surface area (Å²) in [6.07, 6.45) is -4.52. The van der Waals surface area contributed by atoms with Gasteiger partial charge in [0.05, 0.1) is 0 Å². The normalized spacial score (nSPS) is 33.1. The van der Waals surface area contributed by atoms with Crippen LogP contribution >= 0.6 is 0 Å². The molecule has 0 radical (unpaired) electrons. The van der Waals surface area contributed by atoms with Crippen molar-refractivity contribution in [1.82, 2.24) is 0 Å². The summed E-state index contributed by atoms with van der Waals surface area (Å²) in [6.45, 7) is 0. The van der Waals surface area contributed by atoms with Crippen LogP contribution in [0.4, 0.5) is 0 Å². The van der Waals surface area contributed by atoms with E-state index in [-0.39, 0.29) is 0 Å². The first-order valence-electron chi connectivity index (χ1n) is 2.91. The molecule has 0 saturated carbocycles. The minimum atomic E-state index is -4.80. The highest BCUT2D eigenvalue weighted by molar-refractivity contribution is 7.82. The van der Waals surface area contributed by atoms with Crippen molar-refractivity contribution < 1.29 is 36.6 Å². The molecular formula is C4H4O8S. The average Bonchev–Trinajstić information content (AvgIpc) is 2.03. The van der Waals surface area contributed by atoms with Crippen LogP contribution in [0.2, 0.25) is 0 Å². The van der Waals surface area contributed by atoms with Crippen LogP contribution < -0.4 is 0 Å². The summed E-state index contributed by atoms with van der Waals surface area (Å²) in [5, 5.41) is 17.5. The van der Waals surface area contributed by atoms with Gasteiger partial charge in [-0.15, -0.1) is 8.42 Å². The van der Waals surface area contributed by atoms with Gasteiger partial charge in [-0.25, -0.2) is 9.59 Å². The molecule has 1 heterocycles. The van der Waals surface area contributed by atoms with E-state index in [4.69, 9.17) is 10.2 Å². The van der Waals surface area contributed by atoms with Crippen molar-refractivity contribution in [3.63, 3.8) is 0 Å².